The van der Waals surface area contributed by atoms with Crippen LogP contribution in [-0.4, -0.2) is 17.5 Å². The highest BCUT2D eigenvalue weighted by Gasteiger charge is 2.12. The van der Waals surface area contributed by atoms with Crippen molar-refractivity contribution in [2.45, 2.75) is 13.3 Å². The van der Waals surface area contributed by atoms with E-state index in [0.29, 0.717) is 11.1 Å². The summed E-state index contributed by atoms with van der Waals surface area (Å²) in [5.41, 5.74) is 0.174. The molecule has 0 unspecified atom stereocenters. The van der Waals surface area contributed by atoms with E-state index in [1.54, 1.807) is 13.0 Å². The van der Waals surface area contributed by atoms with Gasteiger partial charge in [0.15, 0.2) is 0 Å². The first-order valence-corrected chi connectivity index (χ1v) is 5.92. The molecule has 0 amide bonds. The van der Waals surface area contributed by atoms with Crippen molar-refractivity contribution in [3.8, 4) is 11.8 Å². The van der Waals surface area contributed by atoms with Crippen LogP contribution in [0.25, 0.3) is 0 Å². The van der Waals surface area contributed by atoms with E-state index in [0.717, 1.165) is 0 Å². The van der Waals surface area contributed by atoms with Gasteiger partial charge in [-0.3, -0.25) is 14.9 Å². The van der Waals surface area contributed by atoms with Gasteiger partial charge in [0, 0.05) is 10.5 Å². The molecule has 0 radical (unpaired) electrons. The Morgan fingerprint density at radius 2 is 2.28 bits per heavy atom. The lowest BCUT2D eigenvalue weighted by Crippen LogP contribution is -2.01. The van der Waals surface area contributed by atoms with Crippen LogP contribution in [0.5, 0.6) is 0 Å². The summed E-state index contributed by atoms with van der Waals surface area (Å²) >= 11 is 3.15. The van der Waals surface area contributed by atoms with Gasteiger partial charge in [0.1, 0.15) is 12.0 Å². The smallest absolute Gasteiger partial charge is 0.317 e. The molecule has 0 atom stereocenters. The van der Waals surface area contributed by atoms with E-state index >= 15 is 0 Å². The summed E-state index contributed by atoms with van der Waals surface area (Å²) in [6.07, 6.45) is -0.0823. The molecule has 0 aliphatic heterocycles. The molecule has 94 valence electrons. The molecule has 0 saturated carbocycles. The van der Waals surface area contributed by atoms with Crippen LogP contribution in [0.3, 0.4) is 0 Å². The van der Waals surface area contributed by atoms with Gasteiger partial charge in [0.2, 0.25) is 0 Å². The predicted molar refractivity (Wildman–Crippen MR) is 68.9 cm³/mol. The maximum absolute atomic E-state index is 11.0. The van der Waals surface area contributed by atoms with Gasteiger partial charge in [-0.25, -0.2) is 0 Å². The zero-order valence-electron chi connectivity index (χ0n) is 9.60. The lowest BCUT2D eigenvalue weighted by atomic mass is 10.2. The Bertz CT molecular complexity index is 531. The van der Waals surface area contributed by atoms with Gasteiger partial charge >= 0.3 is 5.97 Å². The first-order valence-electron chi connectivity index (χ1n) is 5.13. The van der Waals surface area contributed by atoms with Crippen molar-refractivity contribution in [3.63, 3.8) is 0 Å². The highest BCUT2D eigenvalue weighted by atomic mass is 79.9. The first kappa shape index (κ1) is 14.2. The van der Waals surface area contributed by atoms with Crippen LogP contribution < -0.4 is 0 Å². The maximum Gasteiger partial charge on any atom is 0.317 e. The molecular weight excluding hydrogens is 302 g/mol. The van der Waals surface area contributed by atoms with E-state index in [-0.39, 0.29) is 17.7 Å². The van der Waals surface area contributed by atoms with Gasteiger partial charge in [-0.1, -0.05) is 27.8 Å². The van der Waals surface area contributed by atoms with Gasteiger partial charge in [0.05, 0.1) is 11.5 Å². The number of nitro benzene ring substituents is 1. The highest BCUT2D eigenvalue weighted by Crippen LogP contribution is 2.22. The van der Waals surface area contributed by atoms with Crippen LogP contribution in [-0.2, 0) is 9.53 Å². The number of nitro groups is 1. The van der Waals surface area contributed by atoms with Crippen LogP contribution >= 0.6 is 15.9 Å². The fraction of sp³-hybridized carbons (Fsp3) is 0.250. The average Bonchev–Trinajstić information content (AvgIpc) is 2.31. The summed E-state index contributed by atoms with van der Waals surface area (Å²) in [5.74, 6) is 4.71. The molecule has 0 aliphatic rings. The molecule has 0 aliphatic carbocycles. The Kier molecular flexibility index (Phi) is 5.33. The minimum Gasteiger partial charge on any atom is -0.465 e. The molecular formula is C12H10BrNO4. The standard InChI is InChI=1S/C12H10BrNO4/c1-2-18-12(15)5-3-4-9-6-7-10(13)8-11(9)14(16)17/h6-8H,2,5H2,1H3. The van der Waals surface area contributed by atoms with Crippen molar-refractivity contribution in [1.29, 1.82) is 0 Å². The largest absolute Gasteiger partial charge is 0.465 e. The number of hydrogen-bond acceptors (Lipinski definition) is 4. The number of carbonyl (C=O) groups excluding carboxylic acids is 1. The van der Waals surface area contributed by atoms with Crippen molar-refractivity contribution in [3.05, 3.63) is 38.3 Å². The van der Waals surface area contributed by atoms with E-state index in [1.807, 2.05) is 0 Å². The number of nitrogens with zero attached hydrogens (tertiary/aromatic N) is 1. The van der Waals surface area contributed by atoms with Crippen molar-refractivity contribution in [2.24, 2.45) is 0 Å². The third-order valence-electron chi connectivity index (χ3n) is 1.92. The Balaban J connectivity index is 2.88. The molecule has 0 heterocycles. The lowest BCUT2D eigenvalue weighted by Gasteiger charge is -1.97. The topological polar surface area (TPSA) is 69.4 Å². The second-order valence-corrected chi connectivity index (χ2v) is 4.12. The monoisotopic (exact) mass is 311 g/mol. The van der Waals surface area contributed by atoms with Crippen molar-refractivity contribution < 1.29 is 14.5 Å². The molecule has 0 bridgehead atoms. The molecule has 0 saturated heterocycles. The van der Waals surface area contributed by atoms with Crippen molar-refractivity contribution in [1.82, 2.24) is 0 Å². The fourth-order valence-electron chi connectivity index (χ4n) is 1.19. The summed E-state index contributed by atoms with van der Waals surface area (Å²) in [6, 6.07) is 4.55. The SMILES string of the molecule is CCOC(=O)CC#Cc1ccc(Br)cc1[N+](=O)[O-]. The highest BCUT2D eigenvalue weighted by molar-refractivity contribution is 9.10. The Labute approximate surface area is 112 Å². The molecule has 1 rings (SSSR count). The molecule has 0 aromatic heterocycles. The number of hydrogen-bond donors (Lipinski definition) is 0. The molecule has 1 aromatic carbocycles. The van der Waals surface area contributed by atoms with Crippen LogP contribution in [0.1, 0.15) is 18.9 Å². The third kappa shape index (κ3) is 4.18. The van der Waals surface area contributed by atoms with Crippen LogP contribution in [0.15, 0.2) is 22.7 Å². The van der Waals surface area contributed by atoms with Gasteiger partial charge < -0.3 is 4.74 Å². The van der Waals surface area contributed by atoms with Gasteiger partial charge in [-0.15, -0.1) is 0 Å². The van der Waals surface area contributed by atoms with E-state index in [1.165, 1.54) is 12.1 Å². The number of carbonyl (C=O) groups is 1. The van der Waals surface area contributed by atoms with Gasteiger partial charge in [0.25, 0.3) is 5.69 Å². The van der Waals surface area contributed by atoms with E-state index < -0.39 is 10.9 Å². The van der Waals surface area contributed by atoms with E-state index in [9.17, 15) is 14.9 Å². The molecule has 6 heteroatoms. The van der Waals surface area contributed by atoms with Crippen molar-refractivity contribution in [2.75, 3.05) is 6.61 Å². The lowest BCUT2D eigenvalue weighted by molar-refractivity contribution is -0.385. The molecule has 0 spiro atoms. The second-order valence-electron chi connectivity index (χ2n) is 3.20. The second kappa shape index (κ2) is 6.77. The molecule has 18 heavy (non-hydrogen) atoms. The maximum atomic E-state index is 11.0. The number of ether oxygens (including phenoxy) is 1. The first-order chi connectivity index (χ1) is 8.54. The van der Waals surface area contributed by atoms with Gasteiger partial charge in [-0.2, -0.15) is 0 Å². The Morgan fingerprint density at radius 1 is 1.56 bits per heavy atom. The number of benzene rings is 1. The summed E-state index contributed by atoms with van der Waals surface area (Å²) < 4.78 is 5.30. The Hall–Kier alpha value is -1.87. The zero-order valence-corrected chi connectivity index (χ0v) is 11.2. The van der Waals surface area contributed by atoms with Crippen molar-refractivity contribution >= 4 is 27.6 Å². The summed E-state index contributed by atoms with van der Waals surface area (Å²) in [7, 11) is 0. The van der Waals surface area contributed by atoms with E-state index in [2.05, 4.69) is 27.8 Å². The van der Waals surface area contributed by atoms with Crippen LogP contribution in [0.4, 0.5) is 5.69 Å². The number of rotatable bonds is 3. The average molecular weight is 312 g/mol. The van der Waals surface area contributed by atoms with Gasteiger partial charge in [-0.05, 0) is 19.1 Å². The quantitative estimate of drug-likeness (QED) is 0.372. The third-order valence-corrected chi connectivity index (χ3v) is 2.41. The van der Waals surface area contributed by atoms with Crippen LogP contribution in [0, 0.1) is 22.0 Å². The molecule has 1 aromatic rings. The predicted octanol–water partition coefficient (Wildman–Crippen LogP) is 2.66. The zero-order chi connectivity index (χ0) is 13.5. The fourth-order valence-corrected chi connectivity index (χ4v) is 1.53. The number of esters is 1. The Morgan fingerprint density at radius 3 is 2.89 bits per heavy atom. The summed E-state index contributed by atoms with van der Waals surface area (Å²) in [5, 5.41) is 10.8. The molecule has 5 nitrogen and oxygen atoms in total. The number of halogens is 1. The minimum atomic E-state index is -0.515. The van der Waals surface area contributed by atoms with E-state index in [4.69, 9.17) is 4.74 Å². The normalized spacial score (nSPS) is 9.22. The summed E-state index contributed by atoms with van der Waals surface area (Å²) in [4.78, 5) is 21.3. The van der Waals surface area contributed by atoms with Crippen LogP contribution in [0.2, 0.25) is 0 Å². The molecule has 0 N–H and O–H groups in total. The summed E-state index contributed by atoms with van der Waals surface area (Å²) in [6.45, 7) is 1.99. The molecule has 0 fully saturated rings. The minimum absolute atomic E-state index is 0.0823.